The van der Waals surface area contributed by atoms with Gasteiger partial charge < -0.3 is 15.0 Å². The van der Waals surface area contributed by atoms with E-state index in [0.29, 0.717) is 0 Å². The summed E-state index contributed by atoms with van der Waals surface area (Å²) < 4.78 is 5.21. The highest BCUT2D eigenvalue weighted by Crippen LogP contribution is 2.37. The summed E-state index contributed by atoms with van der Waals surface area (Å²) in [6.07, 6.45) is 6.68. The van der Waals surface area contributed by atoms with Crippen LogP contribution in [0.5, 0.6) is 5.75 Å². The Morgan fingerprint density at radius 1 is 1.14 bits per heavy atom. The van der Waals surface area contributed by atoms with Crippen molar-refractivity contribution >= 4 is 0 Å². The molecule has 0 unspecified atom stereocenters. The fourth-order valence-electron chi connectivity index (χ4n) is 3.55. The van der Waals surface area contributed by atoms with Crippen molar-refractivity contribution in [3.63, 3.8) is 0 Å². The first-order valence-electron chi connectivity index (χ1n) is 8.45. The molecule has 1 aliphatic carbocycles. The molecule has 1 saturated carbocycles. The average Bonchev–Trinajstić information content (AvgIpc) is 2.99. The first-order valence-corrected chi connectivity index (χ1v) is 8.45. The molecule has 3 rings (SSSR count). The van der Waals surface area contributed by atoms with Crippen LogP contribution in [0.4, 0.5) is 0 Å². The summed E-state index contributed by atoms with van der Waals surface area (Å²) in [5.41, 5.74) is 1.46. The second-order valence-corrected chi connectivity index (χ2v) is 6.49. The number of likely N-dealkylation sites (tertiary alicyclic amines) is 1. The van der Waals surface area contributed by atoms with Crippen molar-refractivity contribution in [3.05, 3.63) is 29.8 Å². The maximum Gasteiger partial charge on any atom is 0.118 e. The zero-order valence-corrected chi connectivity index (χ0v) is 13.2. The summed E-state index contributed by atoms with van der Waals surface area (Å²) in [5.74, 6) is 1.70. The highest BCUT2D eigenvalue weighted by molar-refractivity contribution is 5.30. The molecule has 3 heteroatoms. The van der Waals surface area contributed by atoms with E-state index >= 15 is 0 Å². The molecule has 0 atom stereocenters. The van der Waals surface area contributed by atoms with Gasteiger partial charge in [0.05, 0.1) is 7.11 Å². The molecule has 21 heavy (non-hydrogen) atoms. The van der Waals surface area contributed by atoms with E-state index in [2.05, 4.69) is 34.5 Å². The van der Waals surface area contributed by atoms with E-state index in [0.717, 1.165) is 17.7 Å². The minimum Gasteiger partial charge on any atom is -0.497 e. The zero-order valence-electron chi connectivity index (χ0n) is 13.2. The van der Waals surface area contributed by atoms with Crippen LogP contribution < -0.4 is 10.1 Å². The monoisotopic (exact) mass is 288 g/mol. The van der Waals surface area contributed by atoms with Crippen molar-refractivity contribution in [2.24, 2.45) is 0 Å². The summed E-state index contributed by atoms with van der Waals surface area (Å²) in [4.78, 5) is 2.60. The molecule has 1 saturated heterocycles. The van der Waals surface area contributed by atoms with E-state index in [4.69, 9.17) is 4.74 Å². The number of methoxy groups -OCH3 is 1. The summed E-state index contributed by atoms with van der Waals surface area (Å²) in [5, 5.41) is 3.71. The van der Waals surface area contributed by atoms with E-state index in [-0.39, 0.29) is 0 Å². The molecular formula is C18H28N2O. The zero-order chi connectivity index (χ0) is 14.5. The number of hydrogen-bond acceptors (Lipinski definition) is 3. The number of nitrogens with one attached hydrogen (secondary N) is 1. The van der Waals surface area contributed by atoms with Crippen LogP contribution in [0, 0.1) is 0 Å². The molecule has 1 heterocycles. The minimum atomic E-state index is 0.732. The van der Waals surface area contributed by atoms with E-state index in [9.17, 15) is 0 Å². The third-order valence-electron chi connectivity index (χ3n) is 5.01. The van der Waals surface area contributed by atoms with Crippen molar-refractivity contribution in [1.82, 2.24) is 10.2 Å². The van der Waals surface area contributed by atoms with Crippen LogP contribution in [0.15, 0.2) is 24.3 Å². The number of nitrogens with zero attached hydrogens (tertiary/aromatic N) is 1. The van der Waals surface area contributed by atoms with Gasteiger partial charge in [0.15, 0.2) is 0 Å². The van der Waals surface area contributed by atoms with E-state index < -0.39 is 0 Å². The maximum atomic E-state index is 5.21. The van der Waals surface area contributed by atoms with Gasteiger partial charge in [-0.05, 0) is 81.9 Å². The van der Waals surface area contributed by atoms with Gasteiger partial charge in [-0.25, -0.2) is 0 Å². The van der Waals surface area contributed by atoms with Gasteiger partial charge in [-0.1, -0.05) is 12.1 Å². The second-order valence-electron chi connectivity index (χ2n) is 6.49. The topological polar surface area (TPSA) is 24.5 Å². The summed E-state index contributed by atoms with van der Waals surface area (Å²) in [7, 11) is 1.72. The Labute approximate surface area is 128 Å². The van der Waals surface area contributed by atoms with Crippen molar-refractivity contribution in [1.29, 1.82) is 0 Å². The normalized spacial score (nSPS) is 25.8. The SMILES string of the molecule is COc1ccc(C2CC(NCCCN3CCCC3)C2)cc1. The third kappa shape index (κ3) is 3.98. The van der Waals surface area contributed by atoms with Crippen molar-refractivity contribution in [2.45, 2.75) is 44.1 Å². The molecule has 0 amide bonds. The fraction of sp³-hybridized carbons (Fsp3) is 0.667. The molecule has 0 radical (unpaired) electrons. The van der Waals surface area contributed by atoms with Crippen LogP contribution in [-0.4, -0.2) is 44.2 Å². The first-order chi connectivity index (χ1) is 10.3. The molecule has 1 aromatic carbocycles. The Morgan fingerprint density at radius 2 is 1.86 bits per heavy atom. The molecule has 1 aromatic rings. The maximum absolute atomic E-state index is 5.21. The molecule has 1 N–H and O–H groups in total. The predicted octanol–water partition coefficient (Wildman–Crippen LogP) is 3.02. The van der Waals surface area contributed by atoms with Crippen molar-refractivity contribution < 1.29 is 4.74 Å². The summed E-state index contributed by atoms with van der Waals surface area (Å²) in [6, 6.07) is 9.31. The predicted molar refractivity (Wildman–Crippen MR) is 87.1 cm³/mol. The number of hydrogen-bond donors (Lipinski definition) is 1. The van der Waals surface area contributed by atoms with Gasteiger partial charge in [0.25, 0.3) is 0 Å². The summed E-state index contributed by atoms with van der Waals surface area (Å²) in [6.45, 7) is 5.10. The highest BCUT2D eigenvalue weighted by Gasteiger charge is 2.29. The van der Waals surface area contributed by atoms with Gasteiger partial charge in [-0.15, -0.1) is 0 Å². The van der Waals surface area contributed by atoms with Crippen molar-refractivity contribution in [2.75, 3.05) is 33.3 Å². The van der Waals surface area contributed by atoms with Gasteiger partial charge >= 0.3 is 0 Å². The van der Waals surface area contributed by atoms with Gasteiger partial charge in [-0.3, -0.25) is 0 Å². The average molecular weight is 288 g/mol. The quantitative estimate of drug-likeness (QED) is 0.781. The molecule has 3 nitrogen and oxygen atoms in total. The molecule has 1 aliphatic heterocycles. The van der Waals surface area contributed by atoms with Crippen LogP contribution >= 0.6 is 0 Å². The fourth-order valence-corrected chi connectivity index (χ4v) is 3.55. The number of ether oxygens (including phenoxy) is 1. The molecule has 116 valence electrons. The smallest absolute Gasteiger partial charge is 0.118 e. The van der Waals surface area contributed by atoms with Crippen molar-refractivity contribution in [3.8, 4) is 5.75 Å². The molecule has 0 bridgehead atoms. The molecule has 2 fully saturated rings. The number of rotatable bonds is 7. The third-order valence-corrected chi connectivity index (χ3v) is 5.01. The lowest BCUT2D eigenvalue weighted by atomic mass is 9.76. The molecule has 0 aromatic heterocycles. The standard InChI is InChI=1S/C18H28N2O/c1-21-18-7-5-15(6-8-18)16-13-17(14-16)19-9-4-12-20-10-2-3-11-20/h5-8,16-17,19H,2-4,9-14H2,1H3. The van der Waals surface area contributed by atoms with E-state index in [1.807, 2.05) is 0 Å². The lowest BCUT2D eigenvalue weighted by molar-refractivity contribution is 0.277. The van der Waals surface area contributed by atoms with Gasteiger partial charge in [0.2, 0.25) is 0 Å². The Hall–Kier alpha value is -1.06. The van der Waals surface area contributed by atoms with Crippen LogP contribution in [0.25, 0.3) is 0 Å². The minimum absolute atomic E-state index is 0.732. The molecular weight excluding hydrogens is 260 g/mol. The molecule has 2 aliphatic rings. The Kier molecular flexibility index (Phi) is 5.15. The Morgan fingerprint density at radius 3 is 2.52 bits per heavy atom. The van der Waals surface area contributed by atoms with Gasteiger partial charge in [0.1, 0.15) is 5.75 Å². The van der Waals surface area contributed by atoms with Gasteiger partial charge in [0, 0.05) is 6.04 Å². The van der Waals surface area contributed by atoms with E-state index in [1.165, 1.54) is 63.8 Å². The second kappa shape index (κ2) is 7.28. The molecule has 0 spiro atoms. The number of benzene rings is 1. The van der Waals surface area contributed by atoms with E-state index in [1.54, 1.807) is 7.11 Å². The Bertz CT molecular complexity index is 419. The highest BCUT2D eigenvalue weighted by atomic mass is 16.5. The lowest BCUT2D eigenvalue weighted by Gasteiger charge is -2.36. The van der Waals surface area contributed by atoms with Gasteiger partial charge in [-0.2, -0.15) is 0 Å². The Balaban J connectivity index is 1.30. The van der Waals surface area contributed by atoms with Crippen LogP contribution in [0.1, 0.15) is 43.6 Å². The first kappa shape index (κ1) is 14.9. The van der Waals surface area contributed by atoms with Crippen LogP contribution in [0.3, 0.4) is 0 Å². The lowest BCUT2D eigenvalue weighted by Crippen LogP contribution is -2.41. The largest absolute Gasteiger partial charge is 0.497 e. The summed E-state index contributed by atoms with van der Waals surface area (Å²) >= 11 is 0. The van der Waals surface area contributed by atoms with Crippen LogP contribution in [0.2, 0.25) is 0 Å². The van der Waals surface area contributed by atoms with Crippen LogP contribution in [-0.2, 0) is 0 Å².